The standard InChI is InChI=1S/C33H12F6N12/c1-12-4-14(34)7-20-23(12)46-27(43-20)17(10-40)29-49-30(18(11-41)28-44-21-8-15(35)5-13(2)24(21)47-28)51-32(50-29)26(42-3)31-45-22-9-16(36)6-19(25(22)48-31)33(37,38)39/h4-9H,1-2H3/b27-17-,28-18-,31-26+. The van der Waals surface area contributed by atoms with Crippen LogP contribution in [-0.2, 0) is 6.18 Å². The van der Waals surface area contributed by atoms with Gasteiger partial charge in [-0.05, 0) is 43.2 Å². The Kier molecular flexibility index (Phi) is 7.42. The van der Waals surface area contributed by atoms with E-state index >= 15 is 0 Å². The van der Waals surface area contributed by atoms with Gasteiger partial charge in [-0.15, -0.1) is 0 Å². The summed E-state index contributed by atoms with van der Waals surface area (Å²) in [6.45, 7) is 11.0. The van der Waals surface area contributed by atoms with Gasteiger partial charge in [0.05, 0.1) is 38.9 Å². The molecule has 1 aromatic heterocycles. The minimum atomic E-state index is -5.03. The number of nitrogens with zero attached hydrogens (tertiary/aromatic N) is 12. The van der Waals surface area contributed by atoms with Crippen molar-refractivity contribution in [1.82, 2.24) is 15.0 Å². The maximum absolute atomic E-state index is 14.2. The number of hydrogen-bond acceptors (Lipinski definition) is 11. The van der Waals surface area contributed by atoms with E-state index in [-0.39, 0.29) is 39.1 Å². The molecule has 0 amide bonds. The summed E-state index contributed by atoms with van der Waals surface area (Å²) in [5.74, 6) is -5.33. The van der Waals surface area contributed by atoms with Gasteiger partial charge in [0.15, 0.2) is 34.9 Å². The highest BCUT2D eigenvalue weighted by atomic mass is 19.4. The molecule has 0 aliphatic carbocycles. The molecule has 0 fully saturated rings. The molecule has 18 heteroatoms. The largest absolute Gasteiger partial charge is 0.418 e. The van der Waals surface area contributed by atoms with Crippen LogP contribution in [0.25, 0.3) is 21.7 Å². The first-order chi connectivity index (χ1) is 24.3. The molecular formula is C33H12F6N12. The SMILES string of the molecule is [C-]#[N+]/C(=C1\N=c2cc(F)cc(C(F)(F)F)c2=N1)c1nc(/C(C#N)=C2/N=c3cc(F)cc(C)c3=N2)nc(/C(C#N)=C2/N=c3cc(F)cc(C)c3=N2)n1. The third kappa shape index (κ3) is 5.58. The Morgan fingerprint density at radius 1 is 0.608 bits per heavy atom. The molecule has 3 aliphatic heterocycles. The minimum Gasteiger partial charge on any atom is -0.238 e. The number of allylic oxidation sites excluding steroid dienone is 2. The second-order valence-electron chi connectivity index (χ2n) is 10.9. The molecule has 0 radical (unpaired) electrons. The van der Waals surface area contributed by atoms with E-state index in [1.807, 2.05) is 12.1 Å². The highest BCUT2D eigenvalue weighted by Gasteiger charge is 2.35. The highest BCUT2D eigenvalue weighted by molar-refractivity contribution is 5.80. The van der Waals surface area contributed by atoms with Crippen LogP contribution in [0.5, 0.6) is 0 Å². The number of rotatable bonds is 3. The molecule has 3 aromatic carbocycles. The molecule has 4 aromatic rings. The number of alkyl halides is 3. The Labute approximate surface area is 279 Å². The number of aryl methyl sites for hydroxylation is 2. The van der Waals surface area contributed by atoms with E-state index < -0.39 is 80.0 Å². The molecule has 246 valence electrons. The fraction of sp³-hybridized carbons (Fsp3) is 0.0909. The third-order valence-electron chi connectivity index (χ3n) is 7.47. The fourth-order valence-electron chi connectivity index (χ4n) is 5.27. The third-order valence-corrected chi connectivity index (χ3v) is 7.47. The number of nitriles is 2. The zero-order valence-electron chi connectivity index (χ0n) is 25.6. The zero-order valence-corrected chi connectivity index (χ0v) is 25.6. The lowest BCUT2D eigenvalue weighted by molar-refractivity contribution is -0.138. The Hall–Kier alpha value is -7.26. The molecule has 0 N–H and O–H groups in total. The number of aromatic nitrogens is 3. The lowest BCUT2D eigenvalue weighted by Gasteiger charge is -2.07. The van der Waals surface area contributed by atoms with Crippen molar-refractivity contribution in [2.24, 2.45) is 30.0 Å². The smallest absolute Gasteiger partial charge is 0.238 e. The van der Waals surface area contributed by atoms with E-state index in [1.165, 1.54) is 12.1 Å². The summed E-state index contributed by atoms with van der Waals surface area (Å²) in [4.78, 5) is 40.9. The molecule has 0 unspecified atom stereocenters. The summed E-state index contributed by atoms with van der Waals surface area (Å²) in [6.07, 6.45) is -5.03. The van der Waals surface area contributed by atoms with Gasteiger partial charge >= 0.3 is 6.18 Å². The summed E-state index contributed by atoms with van der Waals surface area (Å²) in [5, 5.41) is 19.9. The van der Waals surface area contributed by atoms with Crippen LogP contribution in [0.4, 0.5) is 26.3 Å². The molecule has 12 nitrogen and oxygen atoms in total. The van der Waals surface area contributed by atoms with Crippen molar-refractivity contribution in [2.45, 2.75) is 20.0 Å². The second-order valence-corrected chi connectivity index (χ2v) is 10.9. The molecule has 0 saturated carbocycles. The molecule has 0 bridgehead atoms. The van der Waals surface area contributed by atoms with Crippen LogP contribution in [0, 0.1) is 60.5 Å². The van der Waals surface area contributed by atoms with Gasteiger partial charge in [-0.2, -0.15) is 23.7 Å². The second kappa shape index (κ2) is 11.7. The van der Waals surface area contributed by atoms with Crippen LogP contribution in [-0.4, -0.2) is 15.0 Å². The number of halogens is 6. The van der Waals surface area contributed by atoms with Crippen LogP contribution in [0.15, 0.2) is 83.8 Å². The van der Waals surface area contributed by atoms with Gasteiger partial charge in [-0.3, -0.25) is 0 Å². The Balaban J connectivity index is 1.53. The average molecular weight is 691 g/mol. The first-order valence-electron chi connectivity index (χ1n) is 14.3. The number of benzene rings is 3. The van der Waals surface area contributed by atoms with Gasteiger partial charge in [0.2, 0.25) is 0 Å². The van der Waals surface area contributed by atoms with Crippen LogP contribution in [0.1, 0.15) is 34.2 Å². The summed E-state index contributed by atoms with van der Waals surface area (Å²) < 4.78 is 83.8. The lowest BCUT2D eigenvalue weighted by atomic mass is 10.2. The first-order valence-corrected chi connectivity index (χ1v) is 14.3. The fourth-order valence-corrected chi connectivity index (χ4v) is 5.27. The van der Waals surface area contributed by atoms with Gasteiger partial charge in [0, 0.05) is 18.2 Å². The molecule has 3 aliphatic rings. The maximum atomic E-state index is 14.2. The van der Waals surface area contributed by atoms with Crippen molar-refractivity contribution < 1.29 is 26.3 Å². The van der Waals surface area contributed by atoms with Gasteiger partial charge < -0.3 is 0 Å². The molecule has 4 heterocycles. The highest BCUT2D eigenvalue weighted by Crippen LogP contribution is 2.29. The topological polar surface area (TPSA) is 165 Å². The van der Waals surface area contributed by atoms with Gasteiger partial charge in [0.25, 0.3) is 5.70 Å². The van der Waals surface area contributed by atoms with Crippen molar-refractivity contribution in [3.63, 3.8) is 0 Å². The normalized spacial score (nSPS) is 16.6. The summed E-state index contributed by atoms with van der Waals surface area (Å²) in [6, 6.07) is 9.22. The van der Waals surface area contributed by atoms with Crippen LogP contribution in [0.3, 0.4) is 0 Å². The van der Waals surface area contributed by atoms with E-state index in [0.29, 0.717) is 17.2 Å². The average Bonchev–Trinajstić information content (AvgIpc) is 3.79. The molecule has 0 saturated heterocycles. The molecule has 0 atom stereocenters. The van der Waals surface area contributed by atoms with Gasteiger partial charge in [-0.1, -0.05) is 0 Å². The van der Waals surface area contributed by atoms with Crippen molar-refractivity contribution in [3.8, 4) is 12.1 Å². The van der Waals surface area contributed by atoms with Crippen molar-refractivity contribution in [2.75, 3.05) is 0 Å². The Morgan fingerprint density at radius 2 is 1.02 bits per heavy atom. The van der Waals surface area contributed by atoms with E-state index in [9.17, 15) is 36.9 Å². The van der Waals surface area contributed by atoms with E-state index in [0.717, 1.165) is 12.1 Å². The maximum Gasteiger partial charge on any atom is 0.418 e. The monoisotopic (exact) mass is 690 g/mol. The van der Waals surface area contributed by atoms with Crippen LogP contribution in [0.2, 0.25) is 0 Å². The van der Waals surface area contributed by atoms with E-state index in [2.05, 4.69) is 49.8 Å². The van der Waals surface area contributed by atoms with Crippen molar-refractivity contribution in [3.05, 3.63) is 149 Å². The predicted octanol–water partition coefficient (Wildman–Crippen LogP) is 2.71. The van der Waals surface area contributed by atoms with Crippen LogP contribution >= 0.6 is 0 Å². The van der Waals surface area contributed by atoms with Crippen LogP contribution < -0.4 is 32.1 Å². The molecule has 0 spiro atoms. The van der Waals surface area contributed by atoms with Crippen molar-refractivity contribution in [1.29, 1.82) is 10.5 Å². The van der Waals surface area contributed by atoms with Gasteiger partial charge in [-0.25, -0.2) is 62.9 Å². The number of fused-ring (bicyclic) bond motifs is 3. The molecular weight excluding hydrogens is 678 g/mol. The van der Waals surface area contributed by atoms with Crippen molar-refractivity contribution >= 4 is 16.8 Å². The zero-order chi connectivity index (χ0) is 36.4. The lowest BCUT2D eigenvalue weighted by Crippen LogP contribution is -2.31. The number of hydrogen-bond donors (Lipinski definition) is 0. The molecule has 7 rings (SSSR count). The minimum absolute atomic E-state index is 0.0893. The quantitative estimate of drug-likeness (QED) is 0.183. The Morgan fingerprint density at radius 3 is 1.47 bits per heavy atom. The van der Waals surface area contributed by atoms with Gasteiger partial charge in [0.1, 0.15) is 46.1 Å². The summed E-state index contributed by atoms with van der Waals surface area (Å²) in [7, 11) is 0. The Bertz CT molecular complexity index is 2810. The molecule has 51 heavy (non-hydrogen) atoms. The summed E-state index contributed by atoms with van der Waals surface area (Å²) >= 11 is 0. The first kappa shape index (κ1) is 32.3. The van der Waals surface area contributed by atoms with E-state index in [4.69, 9.17) is 6.57 Å². The summed E-state index contributed by atoms with van der Waals surface area (Å²) in [5.41, 5.74) is -2.19. The van der Waals surface area contributed by atoms with E-state index in [1.54, 1.807) is 13.8 Å². The predicted molar refractivity (Wildman–Crippen MR) is 159 cm³/mol.